The molecule has 0 aliphatic heterocycles. The molecule has 4 N–H and O–H groups in total. The second-order valence-electron chi connectivity index (χ2n) is 14.1. The van der Waals surface area contributed by atoms with Crippen molar-refractivity contribution in [3.8, 4) is 0 Å². The van der Waals surface area contributed by atoms with Crippen LogP contribution in [0.5, 0.6) is 0 Å². The molecule has 0 saturated carbocycles. The van der Waals surface area contributed by atoms with Crippen LogP contribution < -0.4 is 10.6 Å². The van der Waals surface area contributed by atoms with Crippen molar-refractivity contribution < 1.29 is 34.1 Å². The van der Waals surface area contributed by atoms with Crippen molar-refractivity contribution in [2.75, 3.05) is 13.2 Å². The molecule has 0 aromatic heterocycles. The summed E-state index contributed by atoms with van der Waals surface area (Å²) in [4.78, 5) is 47.2. The molecule has 0 radical (unpaired) electrons. The molecule has 2 amide bonds. The number of aliphatic hydroxyl groups is 1. The van der Waals surface area contributed by atoms with E-state index in [4.69, 9.17) is 14.9 Å². The van der Waals surface area contributed by atoms with Gasteiger partial charge in [0.2, 0.25) is 11.8 Å². The Morgan fingerprint density at radius 2 is 0.918 bits per heavy atom. The van der Waals surface area contributed by atoms with Crippen molar-refractivity contribution >= 4 is 23.8 Å². The molecule has 0 aromatic rings. The number of carbonyl (C=O) groups is 4. The van der Waals surface area contributed by atoms with Gasteiger partial charge in [0.25, 0.3) is 0 Å². The fourth-order valence-corrected chi connectivity index (χ4v) is 6.19. The highest BCUT2D eigenvalue weighted by Crippen LogP contribution is 2.18. The van der Waals surface area contributed by atoms with Gasteiger partial charge in [0.1, 0.15) is 12.1 Å². The molecule has 0 spiro atoms. The summed E-state index contributed by atoms with van der Waals surface area (Å²) in [5.41, 5.74) is 0. The van der Waals surface area contributed by atoms with E-state index in [9.17, 15) is 19.2 Å². The highest BCUT2D eigenvalue weighted by Gasteiger charge is 2.19. The maximum Gasteiger partial charge on any atom is 0.328 e. The quantitative estimate of drug-likeness (QED) is 0.0375. The normalized spacial score (nSPS) is 12.4. The highest BCUT2D eigenvalue weighted by molar-refractivity contribution is 5.87. The number of hydrogen-bond donors (Lipinski definition) is 4. The minimum Gasteiger partial charge on any atom is -0.480 e. The Kier molecular flexibility index (Phi) is 34.1. The molecule has 288 valence electrons. The summed E-state index contributed by atoms with van der Waals surface area (Å²) in [6.45, 7) is 3.38. The van der Waals surface area contributed by atoms with Gasteiger partial charge in [0.15, 0.2) is 0 Å². The van der Waals surface area contributed by atoms with Gasteiger partial charge in [0, 0.05) is 12.8 Å². The molecule has 2 unspecified atom stereocenters. The van der Waals surface area contributed by atoms with Crippen molar-refractivity contribution in [2.24, 2.45) is 0 Å². The summed E-state index contributed by atoms with van der Waals surface area (Å²) in [7, 11) is 0. The zero-order chi connectivity index (χ0) is 36.2. The maximum absolute atomic E-state index is 12.6. The van der Waals surface area contributed by atoms with Crippen LogP contribution in [0.4, 0.5) is 0 Å². The van der Waals surface area contributed by atoms with Crippen molar-refractivity contribution in [2.45, 2.75) is 219 Å². The van der Waals surface area contributed by atoms with Crippen LogP contribution >= 0.6 is 0 Å². The first-order valence-electron chi connectivity index (χ1n) is 20.4. The summed E-state index contributed by atoms with van der Waals surface area (Å²) >= 11 is 0. The van der Waals surface area contributed by atoms with Crippen molar-refractivity contribution in [3.63, 3.8) is 0 Å². The molecule has 0 fully saturated rings. The summed E-state index contributed by atoms with van der Waals surface area (Å²) in [5.74, 6) is -2.38. The number of ether oxygens (including phenoxy) is 1. The predicted octanol–water partition coefficient (Wildman–Crippen LogP) is 9.32. The molecule has 2 atom stereocenters. The summed E-state index contributed by atoms with van der Waals surface area (Å²) in [6.07, 6.45) is 34.7. The predicted molar refractivity (Wildman–Crippen MR) is 199 cm³/mol. The van der Waals surface area contributed by atoms with Gasteiger partial charge < -0.3 is 25.6 Å². The molecule has 0 heterocycles. The molecule has 9 heteroatoms. The Labute approximate surface area is 299 Å². The van der Waals surface area contributed by atoms with Gasteiger partial charge in [-0.25, -0.2) is 4.79 Å². The van der Waals surface area contributed by atoms with E-state index >= 15 is 0 Å². The Morgan fingerprint density at radius 1 is 0.531 bits per heavy atom. The number of aliphatic carboxylic acids is 1. The van der Waals surface area contributed by atoms with E-state index in [1.807, 2.05) is 0 Å². The fraction of sp³-hybridized carbons (Fsp3) is 0.900. The van der Waals surface area contributed by atoms with E-state index in [1.165, 1.54) is 116 Å². The van der Waals surface area contributed by atoms with E-state index < -0.39 is 24.5 Å². The van der Waals surface area contributed by atoms with Crippen LogP contribution in [0, 0.1) is 0 Å². The van der Waals surface area contributed by atoms with Crippen LogP contribution in [0.15, 0.2) is 0 Å². The number of unbranched alkanes of at least 4 members (excludes halogenated alkanes) is 23. The average Bonchev–Trinajstić information content (AvgIpc) is 3.08. The molecule has 0 aromatic carbocycles. The van der Waals surface area contributed by atoms with E-state index in [0.717, 1.165) is 57.8 Å². The SMILES string of the molecule is CCCCCCCCCCCCCCCCCCCCCCC(=O)OC(CCCCC)CCCCCC(=O)NCC(=O)NC(CO)C(=O)O. The molecule has 0 aliphatic rings. The fourth-order valence-electron chi connectivity index (χ4n) is 6.19. The second kappa shape index (κ2) is 35.7. The molecule has 9 nitrogen and oxygen atoms in total. The third-order valence-electron chi connectivity index (χ3n) is 9.35. The molecule has 0 rings (SSSR count). The Bertz CT molecular complexity index is 807. The van der Waals surface area contributed by atoms with Crippen LogP contribution in [0.1, 0.15) is 206 Å². The first-order chi connectivity index (χ1) is 23.8. The van der Waals surface area contributed by atoms with Crippen LogP contribution in [-0.2, 0) is 23.9 Å². The van der Waals surface area contributed by atoms with Gasteiger partial charge in [-0.2, -0.15) is 0 Å². The number of aliphatic hydroxyl groups excluding tert-OH is 1. The van der Waals surface area contributed by atoms with Gasteiger partial charge in [-0.05, 0) is 38.5 Å². The number of nitrogens with one attached hydrogen (secondary N) is 2. The van der Waals surface area contributed by atoms with E-state index in [-0.39, 0.29) is 30.9 Å². The third kappa shape index (κ3) is 32.8. The van der Waals surface area contributed by atoms with Gasteiger partial charge in [-0.3, -0.25) is 14.4 Å². The zero-order valence-electron chi connectivity index (χ0n) is 31.7. The standard InChI is InChI=1S/C40H76N2O7/c1-3-5-7-8-9-10-11-12-13-14-15-16-17-18-19-20-21-22-23-28-32-39(46)49-35(29-25-6-4-2)30-26-24-27-31-37(44)41-33-38(45)42-36(34-43)40(47)48/h35-36,43H,3-34H2,1-2H3,(H,41,44)(H,42,45)(H,47,48). The van der Waals surface area contributed by atoms with Gasteiger partial charge in [0.05, 0.1) is 13.2 Å². The average molecular weight is 697 g/mol. The lowest BCUT2D eigenvalue weighted by molar-refractivity contribution is -0.150. The minimum absolute atomic E-state index is 0.0737. The Morgan fingerprint density at radius 3 is 1.37 bits per heavy atom. The van der Waals surface area contributed by atoms with Crippen LogP contribution in [-0.4, -0.2) is 59.3 Å². The first-order valence-corrected chi connectivity index (χ1v) is 20.4. The van der Waals surface area contributed by atoms with Crippen molar-refractivity contribution in [3.05, 3.63) is 0 Å². The number of amides is 2. The smallest absolute Gasteiger partial charge is 0.328 e. The largest absolute Gasteiger partial charge is 0.480 e. The molecule has 0 bridgehead atoms. The minimum atomic E-state index is -1.39. The number of carboxylic acid groups (broad SMARTS) is 1. The topological polar surface area (TPSA) is 142 Å². The van der Waals surface area contributed by atoms with Crippen LogP contribution in [0.2, 0.25) is 0 Å². The number of carboxylic acids is 1. The third-order valence-corrected chi connectivity index (χ3v) is 9.35. The van der Waals surface area contributed by atoms with Gasteiger partial charge in [-0.15, -0.1) is 0 Å². The second-order valence-corrected chi connectivity index (χ2v) is 14.1. The maximum atomic E-state index is 12.6. The molecule has 0 saturated heterocycles. The summed E-state index contributed by atoms with van der Waals surface area (Å²) < 4.78 is 5.87. The molecular weight excluding hydrogens is 620 g/mol. The molecule has 0 aliphatic carbocycles. The van der Waals surface area contributed by atoms with Crippen molar-refractivity contribution in [1.82, 2.24) is 10.6 Å². The number of esters is 1. The molecule has 49 heavy (non-hydrogen) atoms. The van der Waals surface area contributed by atoms with Crippen LogP contribution in [0.3, 0.4) is 0 Å². The lowest BCUT2D eigenvalue weighted by Gasteiger charge is -2.18. The lowest BCUT2D eigenvalue weighted by Crippen LogP contribution is -2.47. The number of hydrogen-bond acceptors (Lipinski definition) is 6. The van der Waals surface area contributed by atoms with Crippen LogP contribution in [0.25, 0.3) is 0 Å². The van der Waals surface area contributed by atoms with E-state index in [0.29, 0.717) is 12.8 Å². The number of carbonyl (C=O) groups excluding carboxylic acids is 3. The first kappa shape index (κ1) is 46.8. The van der Waals surface area contributed by atoms with Gasteiger partial charge in [-0.1, -0.05) is 155 Å². The lowest BCUT2D eigenvalue weighted by atomic mass is 10.0. The Balaban J connectivity index is 3.82. The van der Waals surface area contributed by atoms with E-state index in [1.54, 1.807) is 0 Å². The van der Waals surface area contributed by atoms with Gasteiger partial charge >= 0.3 is 11.9 Å². The Hall–Kier alpha value is -2.16. The number of rotatable bonds is 37. The summed E-state index contributed by atoms with van der Waals surface area (Å²) in [5, 5.41) is 22.5. The van der Waals surface area contributed by atoms with Crippen molar-refractivity contribution in [1.29, 1.82) is 0 Å². The molecular formula is C40H76N2O7. The zero-order valence-corrected chi connectivity index (χ0v) is 31.7. The summed E-state index contributed by atoms with van der Waals surface area (Å²) in [6, 6.07) is -1.39. The highest BCUT2D eigenvalue weighted by atomic mass is 16.5. The monoisotopic (exact) mass is 697 g/mol. The van der Waals surface area contributed by atoms with E-state index in [2.05, 4.69) is 24.5 Å².